The van der Waals surface area contributed by atoms with Crippen molar-refractivity contribution in [2.24, 2.45) is 5.92 Å². The molecule has 1 heterocycles. The van der Waals surface area contributed by atoms with Gasteiger partial charge in [0.05, 0.1) is 0 Å². The molecule has 15 heavy (non-hydrogen) atoms. The fourth-order valence-electron chi connectivity index (χ4n) is 1.81. The van der Waals surface area contributed by atoms with Crippen molar-refractivity contribution < 1.29 is 0 Å². The molecule has 1 aromatic rings. The van der Waals surface area contributed by atoms with Gasteiger partial charge in [-0.15, -0.1) is 0 Å². The van der Waals surface area contributed by atoms with Gasteiger partial charge in [-0.1, -0.05) is 13.8 Å². The zero-order valence-corrected chi connectivity index (χ0v) is 9.74. The molecule has 0 aromatic carbocycles. The lowest BCUT2D eigenvalue weighted by molar-refractivity contribution is 0.565. The summed E-state index contributed by atoms with van der Waals surface area (Å²) in [5.41, 5.74) is 0. The Labute approximate surface area is 91.9 Å². The first-order valence-electron chi connectivity index (χ1n) is 6.04. The topological polar surface area (TPSA) is 29.9 Å². The van der Waals surface area contributed by atoms with Gasteiger partial charge in [-0.05, 0) is 31.6 Å². The number of aromatic nitrogens is 2. The van der Waals surface area contributed by atoms with Crippen LogP contribution in [0.1, 0.15) is 45.6 Å². The fourth-order valence-corrected chi connectivity index (χ4v) is 1.81. The van der Waals surface area contributed by atoms with E-state index in [-0.39, 0.29) is 0 Å². The molecular weight excluding hydrogens is 186 g/mol. The van der Waals surface area contributed by atoms with Gasteiger partial charge >= 0.3 is 0 Å². The summed E-state index contributed by atoms with van der Waals surface area (Å²) < 4.78 is 2.27. The Bertz CT molecular complexity index is 300. The van der Waals surface area contributed by atoms with Crippen LogP contribution in [0.5, 0.6) is 0 Å². The summed E-state index contributed by atoms with van der Waals surface area (Å²) in [5.74, 6) is 1.86. The third kappa shape index (κ3) is 2.98. The van der Waals surface area contributed by atoms with Gasteiger partial charge in [-0.25, -0.2) is 4.98 Å². The maximum absolute atomic E-state index is 4.35. The van der Waals surface area contributed by atoms with E-state index in [0.29, 0.717) is 0 Å². The Kier molecular flexibility index (Phi) is 3.29. The highest BCUT2D eigenvalue weighted by atomic mass is 15.2. The van der Waals surface area contributed by atoms with Crippen LogP contribution in [0.25, 0.3) is 0 Å². The largest absolute Gasteiger partial charge is 0.356 e. The van der Waals surface area contributed by atoms with E-state index in [1.807, 2.05) is 6.20 Å². The van der Waals surface area contributed by atoms with E-state index in [2.05, 4.69) is 34.9 Å². The summed E-state index contributed by atoms with van der Waals surface area (Å²) in [6, 6.07) is 0.722. The smallest absolute Gasteiger partial charge is 0.203 e. The van der Waals surface area contributed by atoms with E-state index in [0.717, 1.165) is 24.5 Å². The second kappa shape index (κ2) is 4.69. The van der Waals surface area contributed by atoms with Crippen molar-refractivity contribution in [2.75, 3.05) is 11.9 Å². The minimum atomic E-state index is 0.722. The van der Waals surface area contributed by atoms with Crippen LogP contribution in [0.15, 0.2) is 12.4 Å². The Morgan fingerprint density at radius 3 is 3.00 bits per heavy atom. The van der Waals surface area contributed by atoms with Gasteiger partial charge in [-0.3, -0.25) is 0 Å². The summed E-state index contributed by atoms with van der Waals surface area (Å²) in [6.07, 6.45) is 9.13. The lowest BCUT2D eigenvalue weighted by Gasteiger charge is -2.09. The van der Waals surface area contributed by atoms with Crippen molar-refractivity contribution in [2.45, 2.75) is 45.6 Å². The first kappa shape index (κ1) is 10.5. The molecule has 1 aliphatic carbocycles. The van der Waals surface area contributed by atoms with Crippen molar-refractivity contribution in [1.82, 2.24) is 9.55 Å². The van der Waals surface area contributed by atoms with E-state index in [1.54, 1.807) is 0 Å². The minimum Gasteiger partial charge on any atom is -0.356 e. The van der Waals surface area contributed by atoms with Gasteiger partial charge in [0.1, 0.15) is 0 Å². The number of nitrogens with one attached hydrogen (secondary N) is 1. The van der Waals surface area contributed by atoms with Crippen LogP contribution >= 0.6 is 0 Å². The first-order chi connectivity index (χ1) is 7.27. The standard InChI is InChI=1S/C12H21N3/c1-10(2)4-3-7-13-12-14-8-9-15(12)11-5-6-11/h8-11H,3-7H2,1-2H3,(H,13,14). The average Bonchev–Trinajstić information content (AvgIpc) is 2.93. The van der Waals surface area contributed by atoms with E-state index in [4.69, 9.17) is 0 Å². The molecule has 1 fully saturated rings. The van der Waals surface area contributed by atoms with Crippen LogP contribution in [-0.2, 0) is 0 Å². The Morgan fingerprint density at radius 2 is 2.33 bits per heavy atom. The molecule has 0 spiro atoms. The fraction of sp³-hybridized carbons (Fsp3) is 0.750. The number of rotatable bonds is 6. The third-order valence-corrected chi connectivity index (χ3v) is 2.85. The number of imidazole rings is 1. The van der Waals surface area contributed by atoms with Crippen molar-refractivity contribution in [3.63, 3.8) is 0 Å². The SMILES string of the molecule is CC(C)CCCNc1nccn1C1CC1. The number of hydrogen-bond acceptors (Lipinski definition) is 2. The molecule has 2 rings (SSSR count). The number of anilines is 1. The van der Waals surface area contributed by atoms with Gasteiger partial charge in [0.2, 0.25) is 5.95 Å². The Balaban J connectivity index is 1.75. The summed E-state index contributed by atoms with van der Waals surface area (Å²) in [6.45, 7) is 5.58. The van der Waals surface area contributed by atoms with Gasteiger partial charge in [0.15, 0.2) is 0 Å². The highest BCUT2D eigenvalue weighted by molar-refractivity contribution is 5.27. The molecule has 1 aromatic heterocycles. The van der Waals surface area contributed by atoms with Crippen LogP contribution < -0.4 is 5.32 Å². The molecule has 84 valence electrons. The average molecular weight is 207 g/mol. The third-order valence-electron chi connectivity index (χ3n) is 2.85. The van der Waals surface area contributed by atoms with Crippen molar-refractivity contribution in [1.29, 1.82) is 0 Å². The maximum Gasteiger partial charge on any atom is 0.203 e. The molecule has 0 radical (unpaired) electrons. The van der Waals surface area contributed by atoms with E-state index < -0.39 is 0 Å². The number of hydrogen-bond donors (Lipinski definition) is 1. The second-order valence-corrected chi connectivity index (χ2v) is 4.85. The lowest BCUT2D eigenvalue weighted by Crippen LogP contribution is -2.08. The monoisotopic (exact) mass is 207 g/mol. The highest BCUT2D eigenvalue weighted by Crippen LogP contribution is 2.36. The van der Waals surface area contributed by atoms with Gasteiger partial charge in [0, 0.05) is 25.0 Å². The Morgan fingerprint density at radius 1 is 1.53 bits per heavy atom. The summed E-state index contributed by atoms with van der Waals surface area (Å²) in [4.78, 5) is 4.35. The predicted octanol–water partition coefficient (Wildman–Crippen LogP) is 3.07. The van der Waals surface area contributed by atoms with Crippen molar-refractivity contribution in [3.8, 4) is 0 Å². The molecule has 0 aliphatic heterocycles. The molecule has 1 aliphatic rings. The van der Waals surface area contributed by atoms with Crippen molar-refractivity contribution in [3.05, 3.63) is 12.4 Å². The zero-order valence-electron chi connectivity index (χ0n) is 9.74. The maximum atomic E-state index is 4.35. The van der Waals surface area contributed by atoms with E-state index in [9.17, 15) is 0 Å². The van der Waals surface area contributed by atoms with Gasteiger partial charge in [-0.2, -0.15) is 0 Å². The molecule has 3 heteroatoms. The van der Waals surface area contributed by atoms with Crippen LogP contribution in [0.4, 0.5) is 5.95 Å². The molecule has 0 unspecified atom stereocenters. The first-order valence-corrected chi connectivity index (χ1v) is 6.04. The van der Waals surface area contributed by atoms with Crippen LogP contribution in [0, 0.1) is 5.92 Å². The van der Waals surface area contributed by atoms with Gasteiger partial charge in [0.25, 0.3) is 0 Å². The number of nitrogens with zero attached hydrogens (tertiary/aromatic N) is 2. The molecule has 0 bridgehead atoms. The van der Waals surface area contributed by atoms with Gasteiger partial charge < -0.3 is 9.88 Å². The molecule has 3 nitrogen and oxygen atoms in total. The molecule has 0 saturated heterocycles. The minimum absolute atomic E-state index is 0.722. The lowest BCUT2D eigenvalue weighted by atomic mass is 10.1. The van der Waals surface area contributed by atoms with Crippen molar-refractivity contribution >= 4 is 5.95 Å². The Hall–Kier alpha value is -0.990. The quantitative estimate of drug-likeness (QED) is 0.726. The van der Waals surface area contributed by atoms with Crippen LogP contribution in [0.3, 0.4) is 0 Å². The summed E-state index contributed by atoms with van der Waals surface area (Å²) >= 11 is 0. The molecule has 0 atom stereocenters. The normalized spacial score (nSPS) is 15.9. The predicted molar refractivity (Wildman–Crippen MR) is 63.1 cm³/mol. The zero-order chi connectivity index (χ0) is 10.7. The summed E-state index contributed by atoms with van der Waals surface area (Å²) in [5, 5.41) is 3.42. The molecule has 1 saturated carbocycles. The second-order valence-electron chi connectivity index (χ2n) is 4.85. The molecule has 0 amide bonds. The molecule has 1 N–H and O–H groups in total. The summed E-state index contributed by atoms with van der Waals surface area (Å²) in [7, 11) is 0. The molecular formula is C12H21N3. The van der Waals surface area contributed by atoms with E-state index >= 15 is 0 Å². The van der Waals surface area contributed by atoms with E-state index in [1.165, 1.54) is 25.7 Å². The van der Waals surface area contributed by atoms with Crippen LogP contribution in [-0.4, -0.2) is 16.1 Å². The van der Waals surface area contributed by atoms with Crippen LogP contribution in [0.2, 0.25) is 0 Å². The highest BCUT2D eigenvalue weighted by Gasteiger charge is 2.25.